The van der Waals surface area contributed by atoms with Gasteiger partial charge >= 0.3 is 5.97 Å². The minimum Gasteiger partial charge on any atom is -0.469 e. The predicted octanol–water partition coefficient (Wildman–Crippen LogP) is 8.91. The average molecular weight is 769 g/mol. The van der Waals surface area contributed by atoms with E-state index in [1.165, 1.54) is 63.8 Å². The molecular formula is C47H46F2N4O4. The quantitative estimate of drug-likeness (QED) is 0.112. The number of fused-ring (bicyclic) bond motifs is 3. The molecule has 1 aliphatic heterocycles. The zero-order chi connectivity index (χ0) is 40.1. The summed E-state index contributed by atoms with van der Waals surface area (Å²) in [6.07, 6.45) is 3.45. The van der Waals surface area contributed by atoms with Crippen molar-refractivity contribution in [2.75, 3.05) is 25.9 Å². The van der Waals surface area contributed by atoms with Gasteiger partial charge in [-0.05, 0) is 95.8 Å². The number of anilines is 1. The number of piperidine rings is 1. The van der Waals surface area contributed by atoms with Crippen LogP contribution in [0.25, 0.3) is 33.6 Å². The van der Waals surface area contributed by atoms with Gasteiger partial charge < -0.3 is 20.3 Å². The molecule has 1 fully saturated rings. The van der Waals surface area contributed by atoms with E-state index in [0.29, 0.717) is 13.0 Å². The highest BCUT2D eigenvalue weighted by Gasteiger charge is 2.37. The van der Waals surface area contributed by atoms with Crippen molar-refractivity contribution in [1.82, 2.24) is 15.4 Å². The highest BCUT2D eigenvalue weighted by Crippen LogP contribution is 2.44. The zero-order valence-electron chi connectivity index (χ0n) is 32.3. The number of nitrogens with two attached hydrogens (primary N) is 1. The Kier molecular flexibility index (Phi) is 11.9. The maximum atomic E-state index is 13.9. The number of carbonyl (C=O) groups is 2. The SMILES string of the molecule is COC(=O)[C@@H]1CN(C(C)C)CC[C@H]1NC(=O)c1cc(-c2ccc(F)cc2F)on1.Nc1c(CCc2ccccc2)c(-c2ccccc2)cc2c1Cc1ccccc1-2. The fourth-order valence-electron chi connectivity index (χ4n) is 7.86. The number of hydrogen-bond donors (Lipinski definition) is 2. The molecule has 0 radical (unpaired) electrons. The Balaban J connectivity index is 0.000000174. The van der Waals surface area contributed by atoms with Gasteiger partial charge in [0.05, 0.1) is 18.6 Å². The van der Waals surface area contributed by atoms with Crippen LogP contribution >= 0.6 is 0 Å². The molecule has 57 heavy (non-hydrogen) atoms. The minimum absolute atomic E-state index is 0.00405. The molecule has 2 heterocycles. The van der Waals surface area contributed by atoms with Gasteiger partial charge in [-0.1, -0.05) is 90.1 Å². The molecule has 8 nitrogen and oxygen atoms in total. The maximum absolute atomic E-state index is 13.9. The Morgan fingerprint density at radius 3 is 2.32 bits per heavy atom. The van der Waals surface area contributed by atoms with Crippen LogP contribution in [0, 0.1) is 17.6 Å². The van der Waals surface area contributed by atoms with E-state index in [4.69, 9.17) is 15.0 Å². The molecule has 292 valence electrons. The number of methoxy groups -OCH3 is 1. The number of carbonyl (C=O) groups excluding carboxylic acids is 2. The van der Waals surface area contributed by atoms with Gasteiger partial charge in [0.1, 0.15) is 11.6 Å². The van der Waals surface area contributed by atoms with Crippen LogP contribution in [0.1, 0.15) is 53.0 Å². The highest BCUT2D eigenvalue weighted by molar-refractivity contribution is 5.94. The fraction of sp³-hybridized carbons (Fsp3) is 0.255. The van der Waals surface area contributed by atoms with Gasteiger partial charge in [-0.25, -0.2) is 8.78 Å². The lowest BCUT2D eigenvalue weighted by Gasteiger charge is -2.39. The summed E-state index contributed by atoms with van der Waals surface area (Å²) < 4.78 is 36.9. The minimum atomic E-state index is -0.820. The van der Waals surface area contributed by atoms with E-state index in [0.717, 1.165) is 43.6 Å². The molecule has 6 aromatic rings. The van der Waals surface area contributed by atoms with Crippen molar-refractivity contribution in [2.24, 2.45) is 5.92 Å². The molecule has 2 aliphatic rings. The Bertz CT molecular complexity index is 2360. The second-order valence-corrected chi connectivity index (χ2v) is 14.8. The first-order valence-electron chi connectivity index (χ1n) is 19.3. The molecule has 0 spiro atoms. The Labute approximate surface area is 331 Å². The van der Waals surface area contributed by atoms with Gasteiger partial charge in [0.25, 0.3) is 5.91 Å². The van der Waals surface area contributed by atoms with E-state index in [-0.39, 0.29) is 23.1 Å². The van der Waals surface area contributed by atoms with E-state index in [1.807, 2.05) is 13.8 Å². The molecule has 5 aromatic carbocycles. The molecule has 0 unspecified atom stereocenters. The van der Waals surface area contributed by atoms with E-state index >= 15 is 0 Å². The first-order chi connectivity index (χ1) is 27.6. The van der Waals surface area contributed by atoms with Crippen LogP contribution in [0.3, 0.4) is 0 Å². The normalized spacial score (nSPS) is 16.0. The number of nitrogens with one attached hydrogen (secondary N) is 1. The highest BCUT2D eigenvalue weighted by atomic mass is 19.1. The van der Waals surface area contributed by atoms with Crippen molar-refractivity contribution in [3.63, 3.8) is 0 Å². The maximum Gasteiger partial charge on any atom is 0.312 e. The van der Waals surface area contributed by atoms with Crippen LogP contribution in [0.2, 0.25) is 0 Å². The van der Waals surface area contributed by atoms with Crippen molar-refractivity contribution in [2.45, 2.75) is 51.6 Å². The van der Waals surface area contributed by atoms with Crippen LogP contribution in [0.15, 0.2) is 120 Å². The van der Waals surface area contributed by atoms with Crippen molar-refractivity contribution in [3.05, 3.63) is 155 Å². The van der Waals surface area contributed by atoms with Gasteiger partial charge in [-0.15, -0.1) is 0 Å². The van der Waals surface area contributed by atoms with Crippen molar-refractivity contribution in [1.29, 1.82) is 0 Å². The third-order valence-electron chi connectivity index (χ3n) is 11.0. The second kappa shape index (κ2) is 17.3. The number of ether oxygens (including phenoxy) is 1. The lowest BCUT2D eigenvalue weighted by atomic mass is 9.89. The van der Waals surface area contributed by atoms with Gasteiger partial charge in [0.2, 0.25) is 0 Å². The summed E-state index contributed by atoms with van der Waals surface area (Å²) in [6.45, 7) is 5.28. The summed E-state index contributed by atoms with van der Waals surface area (Å²) in [7, 11) is 1.32. The van der Waals surface area contributed by atoms with Gasteiger partial charge in [-0.2, -0.15) is 0 Å². The summed E-state index contributed by atoms with van der Waals surface area (Å²) in [5.41, 5.74) is 18.2. The number of nitrogens with zero attached hydrogens (tertiary/aromatic N) is 2. The zero-order valence-corrected chi connectivity index (χ0v) is 32.3. The molecule has 1 aliphatic carbocycles. The number of benzene rings is 5. The molecule has 0 bridgehead atoms. The molecule has 1 amide bonds. The summed E-state index contributed by atoms with van der Waals surface area (Å²) >= 11 is 0. The first kappa shape index (κ1) is 39.1. The Hall–Kier alpha value is -6.13. The lowest BCUT2D eigenvalue weighted by molar-refractivity contribution is -0.148. The number of nitrogen functional groups attached to an aromatic ring is 1. The molecule has 8 rings (SSSR count). The fourth-order valence-corrected chi connectivity index (χ4v) is 7.86. The molecule has 1 saturated heterocycles. The molecule has 0 saturated carbocycles. The van der Waals surface area contributed by atoms with Crippen LogP contribution in [-0.2, 0) is 28.8 Å². The first-order valence-corrected chi connectivity index (χ1v) is 19.3. The third-order valence-corrected chi connectivity index (χ3v) is 11.0. The summed E-state index contributed by atoms with van der Waals surface area (Å²) in [4.78, 5) is 27.0. The van der Waals surface area contributed by atoms with E-state index in [9.17, 15) is 18.4 Å². The van der Waals surface area contributed by atoms with Crippen LogP contribution in [0.4, 0.5) is 14.5 Å². The molecule has 2 atom stereocenters. The molecule has 1 aromatic heterocycles. The van der Waals surface area contributed by atoms with Crippen LogP contribution in [-0.4, -0.2) is 54.2 Å². The molecule has 10 heteroatoms. The summed E-state index contributed by atoms with van der Waals surface area (Å²) in [5, 5.41) is 6.49. The third kappa shape index (κ3) is 8.66. The number of aryl methyl sites for hydroxylation is 1. The van der Waals surface area contributed by atoms with Crippen LogP contribution in [0.5, 0.6) is 0 Å². The number of hydrogen-bond acceptors (Lipinski definition) is 7. The van der Waals surface area contributed by atoms with E-state index in [2.05, 4.69) is 106 Å². The lowest BCUT2D eigenvalue weighted by Crippen LogP contribution is -2.55. The summed E-state index contributed by atoms with van der Waals surface area (Å²) in [6, 6.07) is 36.5. The Morgan fingerprint density at radius 2 is 1.60 bits per heavy atom. The smallest absolute Gasteiger partial charge is 0.312 e. The number of esters is 1. The van der Waals surface area contributed by atoms with E-state index in [1.54, 1.807) is 0 Å². The summed E-state index contributed by atoms with van der Waals surface area (Å²) in [5.74, 6) is -2.98. The van der Waals surface area contributed by atoms with Crippen molar-refractivity contribution in [3.8, 4) is 33.6 Å². The number of likely N-dealkylation sites (tertiary alicyclic amines) is 1. The van der Waals surface area contributed by atoms with Gasteiger partial charge in [0.15, 0.2) is 11.5 Å². The number of halogens is 2. The molecule has 3 N–H and O–H groups in total. The number of rotatable bonds is 9. The predicted molar refractivity (Wildman–Crippen MR) is 218 cm³/mol. The van der Waals surface area contributed by atoms with E-state index < -0.39 is 35.5 Å². The Morgan fingerprint density at radius 1 is 0.877 bits per heavy atom. The van der Waals surface area contributed by atoms with Gasteiger partial charge in [-0.3, -0.25) is 14.5 Å². The average Bonchev–Trinajstić information content (AvgIpc) is 3.87. The van der Waals surface area contributed by atoms with Crippen molar-refractivity contribution < 1.29 is 27.6 Å². The van der Waals surface area contributed by atoms with Crippen molar-refractivity contribution >= 4 is 17.6 Å². The molecular weight excluding hydrogens is 723 g/mol. The topological polar surface area (TPSA) is 111 Å². The second-order valence-electron chi connectivity index (χ2n) is 14.8. The number of aromatic nitrogens is 1. The van der Waals surface area contributed by atoms with Gasteiger partial charge in [0, 0.05) is 49.4 Å². The monoisotopic (exact) mass is 768 g/mol. The van der Waals surface area contributed by atoms with Crippen LogP contribution < -0.4 is 11.1 Å². The largest absolute Gasteiger partial charge is 0.469 e. The number of amides is 1. The standard InChI is InChI=1S/C27H23N.C20H23F2N3O4/c28-27-23(16-15-19-9-3-1-4-10-19)24(20-11-5-2-6-12-20)18-25-22-14-8-7-13-21(22)17-26(25)27;1-11(2)25-7-6-16(14(10-25)20(27)28-3)23-19(26)17-9-18(29-24-17)13-5-4-12(21)8-15(13)22/h1-14,18H,15-17,28H2;4-5,8-9,11,14,16H,6-7,10H2,1-3H3,(H,23,26)/t;14-,16-/m.1/s1.